The highest BCUT2D eigenvalue weighted by molar-refractivity contribution is 7.99. The van der Waals surface area contributed by atoms with Crippen LogP contribution in [-0.2, 0) is 0 Å². The van der Waals surface area contributed by atoms with Crippen molar-refractivity contribution in [3.63, 3.8) is 0 Å². The Bertz CT molecular complexity index is 376. The molecule has 0 spiro atoms. The molecule has 0 saturated heterocycles. The molecule has 1 unspecified atom stereocenters. The molecule has 0 heterocycles. The first-order valence-electron chi connectivity index (χ1n) is 5.50. The van der Waals surface area contributed by atoms with Gasteiger partial charge in [-0.05, 0) is 31.9 Å². The second kappa shape index (κ2) is 7.38. The number of rotatable bonds is 5. The Hall–Kier alpha value is -0.910. The van der Waals surface area contributed by atoms with Gasteiger partial charge < -0.3 is 5.11 Å². The SMILES string of the molecule is CC#CCCC(O)CSc1ccccc1C. The summed E-state index contributed by atoms with van der Waals surface area (Å²) in [5.41, 5.74) is 1.27. The van der Waals surface area contributed by atoms with E-state index in [-0.39, 0.29) is 6.10 Å². The van der Waals surface area contributed by atoms with E-state index >= 15 is 0 Å². The van der Waals surface area contributed by atoms with Gasteiger partial charge in [0.15, 0.2) is 0 Å². The molecular formula is C14H18OS. The van der Waals surface area contributed by atoms with E-state index < -0.39 is 0 Å². The average Bonchev–Trinajstić information content (AvgIpc) is 2.28. The summed E-state index contributed by atoms with van der Waals surface area (Å²) in [4.78, 5) is 1.25. The van der Waals surface area contributed by atoms with E-state index in [1.807, 2.05) is 19.1 Å². The molecule has 2 heteroatoms. The lowest BCUT2D eigenvalue weighted by atomic mass is 10.2. The zero-order chi connectivity index (χ0) is 11.8. The average molecular weight is 234 g/mol. The Kier molecular flexibility index (Phi) is 6.07. The maximum absolute atomic E-state index is 9.74. The highest BCUT2D eigenvalue weighted by Crippen LogP contribution is 2.23. The van der Waals surface area contributed by atoms with Crippen LogP contribution >= 0.6 is 11.8 Å². The van der Waals surface area contributed by atoms with E-state index in [1.54, 1.807) is 11.8 Å². The number of benzene rings is 1. The number of aliphatic hydroxyl groups is 1. The zero-order valence-electron chi connectivity index (χ0n) is 9.86. The molecule has 0 radical (unpaired) electrons. The van der Waals surface area contributed by atoms with Gasteiger partial charge in [-0.2, -0.15) is 0 Å². The molecule has 0 aromatic heterocycles. The summed E-state index contributed by atoms with van der Waals surface area (Å²) in [6.07, 6.45) is 1.29. The van der Waals surface area contributed by atoms with Gasteiger partial charge in [0.25, 0.3) is 0 Å². The van der Waals surface area contributed by atoms with E-state index in [0.29, 0.717) is 0 Å². The molecule has 0 saturated carbocycles. The van der Waals surface area contributed by atoms with Crippen LogP contribution in [0.5, 0.6) is 0 Å². The third kappa shape index (κ3) is 4.74. The minimum atomic E-state index is -0.259. The molecule has 16 heavy (non-hydrogen) atoms. The van der Waals surface area contributed by atoms with E-state index in [9.17, 15) is 5.11 Å². The minimum Gasteiger partial charge on any atom is -0.392 e. The molecule has 1 rings (SSSR count). The Balaban J connectivity index is 2.33. The summed E-state index contributed by atoms with van der Waals surface area (Å²) in [6.45, 7) is 3.92. The fourth-order valence-electron chi connectivity index (χ4n) is 1.35. The van der Waals surface area contributed by atoms with Crippen molar-refractivity contribution in [3.05, 3.63) is 29.8 Å². The van der Waals surface area contributed by atoms with Crippen LogP contribution in [0.4, 0.5) is 0 Å². The molecule has 86 valence electrons. The van der Waals surface area contributed by atoms with Crippen molar-refractivity contribution in [2.24, 2.45) is 0 Å². The van der Waals surface area contributed by atoms with Crippen LogP contribution in [0.25, 0.3) is 0 Å². The largest absolute Gasteiger partial charge is 0.392 e. The van der Waals surface area contributed by atoms with Gasteiger partial charge in [-0.3, -0.25) is 0 Å². The number of thioether (sulfide) groups is 1. The van der Waals surface area contributed by atoms with Crippen LogP contribution in [0.2, 0.25) is 0 Å². The van der Waals surface area contributed by atoms with E-state index in [4.69, 9.17) is 0 Å². The second-order valence-corrected chi connectivity index (χ2v) is 4.76. The van der Waals surface area contributed by atoms with Crippen LogP contribution in [-0.4, -0.2) is 17.0 Å². The van der Waals surface area contributed by atoms with Crippen LogP contribution in [0, 0.1) is 18.8 Å². The van der Waals surface area contributed by atoms with Gasteiger partial charge >= 0.3 is 0 Å². The van der Waals surface area contributed by atoms with Gasteiger partial charge in [-0.25, -0.2) is 0 Å². The predicted octanol–water partition coefficient (Wildman–Crippen LogP) is 3.25. The summed E-state index contributed by atoms with van der Waals surface area (Å²) in [5, 5.41) is 9.74. The van der Waals surface area contributed by atoms with Crippen molar-refractivity contribution in [2.75, 3.05) is 5.75 Å². The highest BCUT2D eigenvalue weighted by atomic mass is 32.2. The molecule has 0 aliphatic rings. The van der Waals surface area contributed by atoms with Crippen LogP contribution < -0.4 is 0 Å². The van der Waals surface area contributed by atoms with Crippen LogP contribution in [0.1, 0.15) is 25.3 Å². The maximum Gasteiger partial charge on any atom is 0.0643 e. The zero-order valence-corrected chi connectivity index (χ0v) is 10.7. The third-order valence-corrected chi connectivity index (χ3v) is 3.62. The van der Waals surface area contributed by atoms with Gasteiger partial charge in [0.1, 0.15) is 0 Å². The topological polar surface area (TPSA) is 20.2 Å². The first-order chi connectivity index (χ1) is 7.74. The molecule has 0 bridgehead atoms. The first kappa shape index (κ1) is 13.2. The monoisotopic (exact) mass is 234 g/mol. The number of aryl methyl sites for hydroxylation is 1. The minimum absolute atomic E-state index is 0.259. The summed E-state index contributed by atoms with van der Waals surface area (Å²) < 4.78 is 0. The molecule has 1 aromatic carbocycles. The smallest absolute Gasteiger partial charge is 0.0643 e. The third-order valence-electron chi connectivity index (χ3n) is 2.30. The summed E-state index contributed by atoms with van der Waals surface area (Å²) in [6, 6.07) is 8.26. The fourth-order valence-corrected chi connectivity index (χ4v) is 2.36. The molecule has 0 aliphatic carbocycles. The van der Waals surface area contributed by atoms with E-state index in [1.165, 1.54) is 10.5 Å². The first-order valence-corrected chi connectivity index (χ1v) is 6.48. The van der Waals surface area contributed by atoms with Crippen molar-refractivity contribution in [1.82, 2.24) is 0 Å². The molecule has 1 atom stereocenters. The molecule has 1 nitrogen and oxygen atoms in total. The number of hydrogen-bond donors (Lipinski definition) is 1. The highest BCUT2D eigenvalue weighted by Gasteiger charge is 2.05. The normalized spacial score (nSPS) is 11.7. The Labute approximate surface area is 102 Å². The maximum atomic E-state index is 9.74. The molecule has 1 N–H and O–H groups in total. The fraction of sp³-hybridized carbons (Fsp3) is 0.429. The van der Waals surface area contributed by atoms with Gasteiger partial charge in [-0.15, -0.1) is 23.6 Å². The molecule has 1 aromatic rings. The van der Waals surface area contributed by atoms with Crippen LogP contribution in [0.15, 0.2) is 29.2 Å². The van der Waals surface area contributed by atoms with E-state index in [0.717, 1.165) is 18.6 Å². The van der Waals surface area contributed by atoms with Crippen molar-refractivity contribution < 1.29 is 5.11 Å². The summed E-state index contributed by atoms with van der Waals surface area (Å²) in [7, 11) is 0. The van der Waals surface area contributed by atoms with Crippen LogP contribution in [0.3, 0.4) is 0 Å². The van der Waals surface area contributed by atoms with Gasteiger partial charge in [0, 0.05) is 17.1 Å². The number of hydrogen-bond acceptors (Lipinski definition) is 2. The van der Waals surface area contributed by atoms with Gasteiger partial charge in [-0.1, -0.05) is 18.2 Å². The molecule has 0 aliphatic heterocycles. The lowest BCUT2D eigenvalue weighted by molar-refractivity contribution is 0.191. The van der Waals surface area contributed by atoms with Crippen molar-refractivity contribution in [3.8, 4) is 11.8 Å². The summed E-state index contributed by atoms with van der Waals surface area (Å²) >= 11 is 1.71. The van der Waals surface area contributed by atoms with Crippen molar-refractivity contribution >= 4 is 11.8 Å². The lowest BCUT2D eigenvalue weighted by Crippen LogP contribution is -2.09. The Morgan fingerprint density at radius 2 is 2.12 bits per heavy atom. The van der Waals surface area contributed by atoms with Crippen molar-refractivity contribution in [2.45, 2.75) is 37.7 Å². The van der Waals surface area contributed by atoms with Gasteiger partial charge in [0.2, 0.25) is 0 Å². The van der Waals surface area contributed by atoms with Gasteiger partial charge in [0.05, 0.1) is 6.10 Å². The van der Waals surface area contributed by atoms with E-state index in [2.05, 4.69) is 30.9 Å². The standard InChI is InChI=1S/C14H18OS/c1-3-4-5-9-13(15)11-16-14-10-7-6-8-12(14)2/h6-8,10,13,15H,5,9,11H2,1-2H3. The number of aliphatic hydroxyl groups excluding tert-OH is 1. The van der Waals surface area contributed by atoms with Crippen molar-refractivity contribution in [1.29, 1.82) is 0 Å². The molecule has 0 fully saturated rings. The second-order valence-electron chi connectivity index (χ2n) is 3.70. The quantitative estimate of drug-likeness (QED) is 0.623. The Morgan fingerprint density at radius 1 is 1.38 bits per heavy atom. The predicted molar refractivity (Wildman–Crippen MR) is 70.6 cm³/mol. The summed E-state index contributed by atoms with van der Waals surface area (Å²) in [5.74, 6) is 6.55. The lowest BCUT2D eigenvalue weighted by Gasteiger charge is -2.09. The molecule has 0 amide bonds. The molecular weight excluding hydrogens is 216 g/mol. The Morgan fingerprint density at radius 3 is 2.81 bits per heavy atom.